The van der Waals surface area contributed by atoms with E-state index in [9.17, 15) is 9.59 Å². The third-order valence-electron chi connectivity index (χ3n) is 4.38. The number of nitrogens with zero attached hydrogens (tertiary/aromatic N) is 1. The third-order valence-corrected chi connectivity index (χ3v) is 4.38. The van der Waals surface area contributed by atoms with E-state index in [2.05, 4.69) is 10.3 Å². The molecule has 0 radical (unpaired) electrons. The van der Waals surface area contributed by atoms with Crippen molar-refractivity contribution in [1.82, 2.24) is 4.98 Å². The zero-order valence-electron chi connectivity index (χ0n) is 17.2. The number of rotatable bonds is 8. The van der Waals surface area contributed by atoms with Crippen LogP contribution in [0.1, 0.15) is 41.0 Å². The van der Waals surface area contributed by atoms with Crippen molar-refractivity contribution in [3.8, 4) is 5.75 Å². The van der Waals surface area contributed by atoms with Gasteiger partial charge in [-0.25, -0.2) is 9.59 Å². The number of hydrogen-bond donors (Lipinski definition) is 1. The van der Waals surface area contributed by atoms with E-state index in [1.807, 2.05) is 13.0 Å². The third kappa shape index (κ3) is 4.68. The second-order valence-electron chi connectivity index (χ2n) is 6.49. The molecule has 156 valence electrons. The number of carbonyl (C=O) groups is 2. The predicted molar refractivity (Wildman–Crippen MR) is 115 cm³/mol. The van der Waals surface area contributed by atoms with Crippen LogP contribution in [0.15, 0.2) is 48.7 Å². The van der Waals surface area contributed by atoms with Crippen molar-refractivity contribution >= 4 is 34.2 Å². The average Bonchev–Trinajstić information content (AvgIpc) is 2.77. The van der Waals surface area contributed by atoms with Gasteiger partial charge in [0, 0.05) is 17.3 Å². The highest BCUT2D eigenvalue weighted by Crippen LogP contribution is 2.32. The number of hydrogen-bond acceptors (Lipinski definition) is 7. The van der Waals surface area contributed by atoms with Crippen LogP contribution in [-0.4, -0.2) is 37.2 Å². The number of carbonyl (C=O) groups excluding carboxylic acids is 2. The number of fused-ring (bicyclic) bond motifs is 1. The molecule has 0 atom stereocenters. The monoisotopic (exact) mass is 408 g/mol. The maximum absolute atomic E-state index is 12.5. The highest BCUT2D eigenvalue weighted by Gasteiger charge is 2.18. The Kier molecular flexibility index (Phi) is 6.85. The van der Waals surface area contributed by atoms with Crippen LogP contribution in [0.25, 0.3) is 10.9 Å². The lowest BCUT2D eigenvalue weighted by Crippen LogP contribution is -2.10. The SMILES string of the molecule is CCCOC(=O)c1cccc(Nc2c(C(=O)OCC)cnc3ccc(OC)cc23)c1. The minimum atomic E-state index is -0.490. The van der Waals surface area contributed by atoms with Crippen LogP contribution in [0.4, 0.5) is 11.4 Å². The maximum atomic E-state index is 12.5. The van der Waals surface area contributed by atoms with Crippen LogP contribution in [0.3, 0.4) is 0 Å². The molecule has 1 aromatic heterocycles. The Morgan fingerprint density at radius 3 is 2.60 bits per heavy atom. The van der Waals surface area contributed by atoms with Crippen molar-refractivity contribution in [2.24, 2.45) is 0 Å². The molecule has 3 rings (SSSR count). The zero-order valence-corrected chi connectivity index (χ0v) is 17.2. The van der Waals surface area contributed by atoms with Crippen LogP contribution in [0.2, 0.25) is 0 Å². The number of nitrogens with one attached hydrogen (secondary N) is 1. The standard InChI is InChI=1S/C23H24N2O5/c1-4-11-30-22(26)15-7-6-8-16(12-15)25-21-18-13-17(28-3)9-10-20(18)24-14-19(21)23(27)29-5-2/h6-10,12-14H,4-5,11H2,1-3H3,(H,24,25). The number of benzene rings is 2. The molecule has 1 N–H and O–H groups in total. The van der Waals surface area contributed by atoms with Gasteiger partial charge in [0.1, 0.15) is 11.3 Å². The summed E-state index contributed by atoms with van der Waals surface area (Å²) in [5.41, 5.74) is 2.54. The summed E-state index contributed by atoms with van der Waals surface area (Å²) >= 11 is 0. The van der Waals surface area contributed by atoms with E-state index in [4.69, 9.17) is 14.2 Å². The molecule has 0 spiro atoms. The van der Waals surface area contributed by atoms with E-state index in [1.165, 1.54) is 6.20 Å². The Labute approximate surface area is 175 Å². The number of aromatic nitrogens is 1. The Morgan fingerprint density at radius 1 is 1.03 bits per heavy atom. The minimum Gasteiger partial charge on any atom is -0.497 e. The Hall–Kier alpha value is -3.61. The van der Waals surface area contributed by atoms with E-state index < -0.39 is 11.9 Å². The number of anilines is 2. The van der Waals surface area contributed by atoms with Gasteiger partial charge in [-0.15, -0.1) is 0 Å². The minimum absolute atomic E-state index is 0.243. The first kappa shape index (κ1) is 21.1. The molecule has 1 heterocycles. The number of ether oxygens (including phenoxy) is 3. The van der Waals surface area contributed by atoms with Crippen molar-refractivity contribution in [3.05, 3.63) is 59.8 Å². The molecule has 0 bridgehead atoms. The van der Waals surface area contributed by atoms with E-state index >= 15 is 0 Å². The molecule has 7 nitrogen and oxygen atoms in total. The summed E-state index contributed by atoms with van der Waals surface area (Å²) in [5.74, 6) is -0.256. The molecule has 3 aromatic rings. The van der Waals surface area contributed by atoms with E-state index in [0.29, 0.717) is 40.2 Å². The molecule has 7 heteroatoms. The zero-order chi connectivity index (χ0) is 21.5. The first-order chi connectivity index (χ1) is 14.6. The van der Waals surface area contributed by atoms with Crippen LogP contribution < -0.4 is 10.1 Å². The quantitative estimate of drug-likeness (QED) is 0.539. The molecule has 30 heavy (non-hydrogen) atoms. The topological polar surface area (TPSA) is 86.8 Å². The van der Waals surface area contributed by atoms with Crippen LogP contribution in [-0.2, 0) is 9.47 Å². The van der Waals surface area contributed by atoms with Gasteiger partial charge in [-0.1, -0.05) is 13.0 Å². The number of esters is 2. The van der Waals surface area contributed by atoms with E-state index in [1.54, 1.807) is 50.4 Å². The summed E-state index contributed by atoms with van der Waals surface area (Å²) in [6.45, 7) is 4.28. The van der Waals surface area contributed by atoms with Gasteiger partial charge in [0.25, 0.3) is 0 Å². The van der Waals surface area contributed by atoms with Gasteiger partial charge in [-0.3, -0.25) is 4.98 Å². The van der Waals surface area contributed by atoms with Crippen molar-refractivity contribution < 1.29 is 23.8 Å². The van der Waals surface area contributed by atoms with Crippen molar-refractivity contribution in [1.29, 1.82) is 0 Å². The lowest BCUT2D eigenvalue weighted by Gasteiger charge is -2.15. The summed E-state index contributed by atoms with van der Waals surface area (Å²) in [5, 5.41) is 3.95. The molecule has 0 unspecified atom stereocenters. The molecule has 0 aliphatic rings. The molecule has 2 aromatic carbocycles. The summed E-state index contributed by atoms with van der Waals surface area (Å²) in [6.07, 6.45) is 2.23. The lowest BCUT2D eigenvalue weighted by molar-refractivity contribution is 0.0501. The molecule has 0 aliphatic heterocycles. The van der Waals surface area contributed by atoms with E-state index in [-0.39, 0.29) is 12.2 Å². The summed E-state index contributed by atoms with van der Waals surface area (Å²) < 4.78 is 15.7. The molecule has 0 fully saturated rings. The smallest absolute Gasteiger partial charge is 0.341 e. The predicted octanol–water partition coefficient (Wildman–Crippen LogP) is 4.73. The molecule has 0 aliphatic carbocycles. The summed E-state index contributed by atoms with van der Waals surface area (Å²) in [6, 6.07) is 12.3. The van der Waals surface area contributed by atoms with Gasteiger partial charge in [-0.05, 0) is 49.7 Å². The fourth-order valence-corrected chi connectivity index (χ4v) is 2.94. The Balaban J connectivity index is 2.06. The van der Waals surface area contributed by atoms with Crippen molar-refractivity contribution in [2.45, 2.75) is 20.3 Å². The second-order valence-corrected chi connectivity index (χ2v) is 6.49. The van der Waals surface area contributed by atoms with Crippen LogP contribution in [0.5, 0.6) is 5.75 Å². The summed E-state index contributed by atoms with van der Waals surface area (Å²) in [7, 11) is 1.57. The molecule has 0 saturated carbocycles. The second kappa shape index (κ2) is 9.73. The van der Waals surface area contributed by atoms with Gasteiger partial charge < -0.3 is 19.5 Å². The lowest BCUT2D eigenvalue weighted by atomic mass is 10.1. The van der Waals surface area contributed by atoms with Gasteiger partial charge in [-0.2, -0.15) is 0 Å². The van der Waals surface area contributed by atoms with Crippen molar-refractivity contribution in [3.63, 3.8) is 0 Å². The molecular formula is C23H24N2O5. The fourth-order valence-electron chi connectivity index (χ4n) is 2.94. The maximum Gasteiger partial charge on any atom is 0.341 e. The molecule has 0 saturated heterocycles. The number of pyridine rings is 1. The Morgan fingerprint density at radius 2 is 1.87 bits per heavy atom. The van der Waals surface area contributed by atoms with E-state index in [0.717, 1.165) is 6.42 Å². The molecule has 0 amide bonds. The number of methoxy groups -OCH3 is 1. The normalized spacial score (nSPS) is 10.5. The van der Waals surface area contributed by atoms with Crippen LogP contribution >= 0.6 is 0 Å². The fraction of sp³-hybridized carbons (Fsp3) is 0.261. The highest BCUT2D eigenvalue weighted by atomic mass is 16.5. The summed E-state index contributed by atoms with van der Waals surface area (Å²) in [4.78, 5) is 29.1. The molecular weight excluding hydrogens is 384 g/mol. The largest absolute Gasteiger partial charge is 0.497 e. The highest BCUT2D eigenvalue weighted by molar-refractivity contribution is 6.06. The van der Waals surface area contributed by atoms with Crippen molar-refractivity contribution in [2.75, 3.05) is 25.6 Å². The van der Waals surface area contributed by atoms with Gasteiger partial charge in [0.05, 0.1) is 37.1 Å². The Bertz CT molecular complexity index is 1060. The van der Waals surface area contributed by atoms with Gasteiger partial charge >= 0.3 is 11.9 Å². The van der Waals surface area contributed by atoms with Crippen LogP contribution in [0, 0.1) is 0 Å². The first-order valence-corrected chi connectivity index (χ1v) is 9.75. The average molecular weight is 408 g/mol. The van der Waals surface area contributed by atoms with Gasteiger partial charge in [0.2, 0.25) is 0 Å². The first-order valence-electron chi connectivity index (χ1n) is 9.75. The van der Waals surface area contributed by atoms with Gasteiger partial charge in [0.15, 0.2) is 0 Å².